The van der Waals surface area contributed by atoms with Gasteiger partial charge in [-0.1, -0.05) is 12.1 Å². The van der Waals surface area contributed by atoms with E-state index in [2.05, 4.69) is 25.3 Å². The number of morpholine rings is 1. The van der Waals surface area contributed by atoms with Gasteiger partial charge in [0.1, 0.15) is 11.4 Å². The van der Waals surface area contributed by atoms with E-state index >= 15 is 0 Å². The van der Waals surface area contributed by atoms with Crippen molar-refractivity contribution < 1.29 is 14.3 Å². The lowest BCUT2D eigenvalue weighted by Gasteiger charge is -2.27. The molecule has 2 aromatic heterocycles. The maximum atomic E-state index is 13.0. The zero-order valence-corrected chi connectivity index (χ0v) is 18.2. The molecule has 1 aliphatic rings. The monoisotopic (exact) mass is 422 g/mol. The summed E-state index contributed by atoms with van der Waals surface area (Å²) in [6, 6.07) is 9.34. The average Bonchev–Trinajstić information content (AvgIpc) is 3.18. The summed E-state index contributed by atoms with van der Waals surface area (Å²) in [7, 11) is 3.36. The number of carbonyl (C=O) groups is 1. The van der Waals surface area contributed by atoms with Gasteiger partial charge in [0, 0.05) is 25.7 Å². The number of nitrogens with zero attached hydrogens (tertiary/aromatic N) is 5. The van der Waals surface area contributed by atoms with Gasteiger partial charge in [0.25, 0.3) is 5.91 Å². The lowest BCUT2D eigenvalue weighted by molar-refractivity contribution is 0.101. The van der Waals surface area contributed by atoms with Crippen LogP contribution in [0.5, 0.6) is 5.75 Å². The van der Waals surface area contributed by atoms with Crippen molar-refractivity contribution in [3.05, 3.63) is 47.4 Å². The van der Waals surface area contributed by atoms with Crippen LogP contribution in [0.4, 0.5) is 11.6 Å². The van der Waals surface area contributed by atoms with Gasteiger partial charge in [0.15, 0.2) is 0 Å². The maximum Gasteiger partial charge on any atom is 0.274 e. The van der Waals surface area contributed by atoms with Crippen LogP contribution in [0.2, 0.25) is 0 Å². The molecule has 1 amide bonds. The van der Waals surface area contributed by atoms with Gasteiger partial charge in [0.05, 0.1) is 43.1 Å². The maximum absolute atomic E-state index is 13.0. The van der Waals surface area contributed by atoms with Crippen LogP contribution in [-0.4, -0.2) is 59.1 Å². The van der Waals surface area contributed by atoms with E-state index in [9.17, 15) is 4.79 Å². The first kappa shape index (κ1) is 20.8. The minimum Gasteiger partial charge on any atom is -0.497 e. The van der Waals surface area contributed by atoms with Crippen molar-refractivity contribution in [3.8, 4) is 17.0 Å². The highest BCUT2D eigenvalue weighted by molar-refractivity contribution is 6.04. The topological polar surface area (TPSA) is 94.4 Å². The number of ether oxygens (including phenoxy) is 2. The van der Waals surface area contributed by atoms with E-state index in [1.54, 1.807) is 24.9 Å². The van der Waals surface area contributed by atoms with Gasteiger partial charge in [-0.3, -0.25) is 9.48 Å². The number of nitrogens with one attached hydrogen (secondary N) is 1. The molecule has 4 rings (SSSR count). The fourth-order valence-corrected chi connectivity index (χ4v) is 3.57. The Labute approximate surface area is 181 Å². The van der Waals surface area contributed by atoms with Crippen molar-refractivity contribution in [1.29, 1.82) is 0 Å². The number of hydrogen-bond acceptors (Lipinski definition) is 7. The first-order valence-corrected chi connectivity index (χ1v) is 10.1. The van der Waals surface area contributed by atoms with E-state index in [1.165, 1.54) is 0 Å². The number of hydrogen-bond donors (Lipinski definition) is 1. The fourth-order valence-electron chi connectivity index (χ4n) is 3.57. The van der Waals surface area contributed by atoms with E-state index in [4.69, 9.17) is 9.47 Å². The molecule has 0 atom stereocenters. The van der Waals surface area contributed by atoms with Crippen molar-refractivity contribution in [2.75, 3.05) is 43.6 Å². The van der Waals surface area contributed by atoms with Crippen molar-refractivity contribution in [1.82, 2.24) is 19.7 Å². The summed E-state index contributed by atoms with van der Waals surface area (Å²) < 4.78 is 12.2. The van der Waals surface area contributed by atoms with Gasteiger partial charge in [-0.05, 0) is 32.0 Å². The molecule has 0 bridgehead atoms. The summed E-state index contributed by atoms with van der Waals surface area (Å²) in [5.41, 5.74) is 4.06. The van der Waals surface area contributed by atoms with Crippen LogP contribution in [0.3, 0.4) is 0 Å². The number of amides is 1. The Hall–Kier alpha value is -3.46. The molecule has 1 fully saturated rings. The van der Waals surface area contributed by atoms with Crippen LogP contribution in [0.15, 0.2) is 30.3 Å². The lowest BCUT2D eigenvalue weighted by atomic mass is 10.1. The summed E-state index contributed by atoms with van der Waals surface area (Å²) in [5, 5.41) is 7.45. The number of benzene rings is 1. The second-order valence-corrected chi connectivity index (χ2v) is 7.39. The normalized spacial score (nSPS) is 13.9. The minimum atomic E-state index is -0.266. The van der Waals surface area contributed by atoms with Gasteiger partial charge in [-0.15, -0.1) is 0 Å². The Kier molecular flexibility index (Phi) is 5.85. The summed E-state index contributed by atoms with van der Waals surface area (Å²) in [6.45, 7) is 6.59. The Bertz CT molecular complexity index is 1080. The lowest BCUT2D eigenvalue weighted by Crippen LogP contribution is -2.37. The number of aryl methyl sites for hydroxylation is 3. The number of methoxy groups -OCH3 is 1. The highest BCUT2D eigenvalue weighted by Gasteiger charge is 2.20. The van der Waals surface area contributed by atoms with Crippen molar-refractivity contribution >= 4 is 17.5 Å². The van der Waals surface area contributed by atoms with Gasteiger partial charge < -0.3 is 19.7 Å². The van der Waals surface area contributed by atoms with Crippen LogP contribution in [-0.2, 0) is 11.8 Å². The Morgan fingerprint density at radius 1 is 1.13 bits per heavy atom. The standard InChI is InChI=1S/C22H26N6O3/c1-14-20(15(2)24-22(23-14)28-8-10-31-11-9-28)25-21(29)19-13-18(26-27(19)3)16-6-5-7-17(12-16)30-4/h5-7,12-13H,8-11H2,1-4H3,(H,25,29). The number of rotatable bonds is 5. The Balaban J connectivity index is 1.56. The third-order valence-corrected chi connectivity index (χ3v) is 5.27. The Morgan fingerprint density at radius 2 is 1.84 bits per heavy atom. The zero-order valence-electron chi connectivity index (χ0n) is 18.2. The van der Waals surface area contributed by atoms with Crippen molar-refractivity contribution in [2.45, 2.75) is 13.8 Å². The first-order valence-electron chi connectivity index (χ1n) is 10.1. The van der Waals surface area contributed by atoms with Crippen molar-refractivity contribution in [2.24, 2.45) is 7.05 Å². The van der Waals surface area contributed by atoms with Crippen molar-refractivity contribution in [3.63, 3.8) is 0 Å². The van der Waals surface area contributed by atoms with Gasteiger partial charge in [-0.25, -0.2) is 9.97 Å². The van der Waals surface area contributed by atoms with E-state index < -0.39 is 0 Å². The molecule has 162 valence electrons. The predicted molar refractivity (Wildman–Crippen MR) is 118 cm³/mol. The van der Waals surface area contributed by atoms with Crippen LogP contribution < -0.4 is 15.0 Å². The molecule has 9 nitrogen and oxygen atoms in total. The molecular weight excluding hydrogens is 396 g/mol. The molecule has 1 aromatic carbocycles. The fraction of sp³-hybridized carbons (Fsp3) is 0.364. The summed E-state index contributed by atoms with van der Waals surface area (Å²) in [6.07, 6.45) is 0. The largest absolute Gasteiger partial charge is 0.497 e. The molecule has 31 heavy (non-hydrogen) atoms. The molecule has 3 heterocycles. The number of aromatic nitrogens is 4. The molecule has 9 heteroatoms. The van der Waals surface area contributed by atoms with E-state index in [0.717, 1.165) is 35.8 Å². The second-order valence-electron chi connectivity index (χ2n) is 7.39. The summed E-state index contributed by atoms with van der Waals surface area (Å²) in [4.78, 5) is 24.3. The van der Waals surface area contributed by atoms with E-state index in [-0.39, 0.29) is 5.91 Å². The zero-order chi connectivity index (χ0) is 22.0. The summed E-state index contributed by atoms with van der Waals surface area (Å²) in [5.74, 6) is 1.13. The molecule has 0 saturated carbocycles. The van der Waals surface area contributed by atoms with Crippen LogP contribution in [0.25, 0.3) is 11.3 Å². The highest BCUT2D eigenvalue weighted by atomic mass is 16.5. The Morgan fingerprint density at radius 3 is 2.52 bits per heavy atom. The SMILES string of the molecule is COc1cccc(-c2cc(C(=O)Nc3c(C)nc(N4CCOCC4)nc3C)n(C)n2)c1. The second kappa shape index (κ2) is 8.73. The highest BCUT2D eigenvalue weighted by Crippen LogP contribution is 2.25. The smallest absolute Gasteiger partial charge is 0.274 e. The molecule has 3 aromatic rings. The van der Waals surface area contributed by atoms with Crippen LogP contribution in [0, 0.1) is 13.8 Å². The number of carbonyl (C=O) groups excluding carboxylic acids is 1. The third-order valence-electron chi connectivity index (χ3n) is 5.27. The van der Waals surface area contributed by atoms with Crippen LogP contribution >= 0.6 is 0 Å². The molecule has 0 aliphatic carbocycles. The first-order chi connectivity index (χ1) is 15.0. The van der Waals surface area contributed by atoms with Gasteiger partial charge in [0.2, 0.25) is 5.95 Å². The molecule has 1 N–H and O–H groups in total. The molecule has 1 aliphatic heterocycles. The van der Waals surface area contributed by atoms with E-state index in [1.807, 2.05) is 38.1 Å². The molecule has 0 radical (unpaired) electrons. The number of anilines is 2. The van der Waals surface area contributed by atoms with Gasteiger partial charge in [-0.2, -0.15) is 5.10 Å². The van der Waals surface area contributed by atoms with E-state index in [0.29, 0.717) is 36.2 Å². The predicted octanol–water partition coefficient (Wildman–Crippen LogP) is 2.59. The molecular formula is C22H26N6O3. The van der Waals surface area contributed by atoms with Crippen LogP contribution in [0.1, 0.15) is 21.9 Å². The quantitative estimate of drug-likeness (QED) is 0.675. The summed E-state index contributed by atoms with van der Waals surface area (Å²) >= 11 is 0. The van der Waals surface area contributed by atoms with Gasteiger partial charge >= 0.3 is 0 Å². The molecule has 0 unspecified atom stereocenters. The minimum absolute atomic E-state index is 0.266. The molecule has 0 spiro atoms. The molecule has 1 saturated heterocycles. The third kappa shape index (κ3) is 4.36. The average molecular weight is 422 g/mol.